The van der Waals surface area contributed by atoms with Crippen LogP contribution >= 0.6 is 34.9 Å². The van der Waals surface area contributed by atoms with Crippen LogP contribution in [0.15, 0.2) is 284 Å². The van der Waals surface area contributed by atoms with Crippen molar-refractivity contribution < 1.29 is 84.4 Å². The molecule has 6 amide bonds. The average Bonchev–Trinajstić information content (AvgIpc) is 1.74. The Kier molecular flexibility index (Phi) is 37.3. The number of carbonyl (C=O) groups is 9. The minimum absolute atomic E-state index is 0.0679. The highest BCUT2D eigenvalue weighted by Crippen LogP contribution is 2.33. The Balaban J connectivity index is 0.000000142. The molecule has 8 aromatic heterocycles. The van der Waals surface area contributed by atoms with Crippen molar-refractivity contribution in [2.75, 3.05) is 86.1 Å². The van der Waals surface area contributed by atoms with E-state index in [1.165, 1.54) is 76.7 Å². The number of thiazole rings is 1. The molecule has 19 rings (SSSR count). The Morgan fingerprint density at radius 1 is 0.372 bits per heavy atom. The molecule has 11 aromatic carbocycles. The zero-order valence-corrected chi connectivity index (χ0v) is 83.4. The second-order valence-electron chi connectivity index (χ2n) is 30.9. The van der Waals surface area contributed by atoms with E-state index in [0.29, 0.717) is 95.8 Å². The maximum Gasteiger partial charge on any atom is 0.413 e. The molecule has 0 bridgehead atoms. The molecule has 145 heavy (non-hydrogen) atoms. The van der Waals surface area contributed by atoms with E-state index in [0.717, 1.165) is 88.3 Å². The highest BCUT2D eigenvalue weighted by molar-refractivity contribution is 7.99. The summed E-state index contributed by atoms with van der Waals surface area (Å²) in [6, 6.07) is 72.2. The second-order valence-corrected chi connectivity index (χ2v) is 37.2. The third-order valence-corrected chi connectivity index (χ3v) is 26.3. The van der Waals surface area contributed by atoms with Gasteiger partial charge in [-0.15, -0.1) is 23.1 Å². The van der Waals surface area contributed by atoms with Gasteiger partial charge in [0.1, 0.15) is 11.6 Å². The summed E-state index contributed by atoms with van der Waals surface area (Å²) in [6.07, 6.45) is 0.706. The van der Waals surface area contributed by atoms with Crippen molar-refractivity contribution in [1.29, 1.82) is 0 Å². The van der Waals surface area contributed by atoms with E-state index in [2.05, 4.69) is 154 Å². The van der Waals surface area contributed by atoms with Gasteiger partial charge < -0.3 is 63.3 Å². The lowest BCUT2D eigenvalue weighted by molar-refractivity contribution is -0.121. The number of nitrogens with one attached hydrogen (secondary N) is 13. The van der Waals surface area contributed by atoms with Crippen molar-refractivity contribution in [2.24, 2.45) is 5.92 Å². The maximum absolute atomic E-state index is 12.9. The first-order valence-corrected chi connectivity index (χ1v) is 49.4. The lowest BCUT2D eigenvalue weighted by Gasteiger charge is -2.03. The van der Waals surface area contributed by atoms with Gasteiger partial charge in [0, 0.05) is 81.3 Å². The molecule has 0 fully saturated rings. The summed E-state index contributed by atoms with van der Waals surface area (Å²) in [5.74, 6) is 3.97. The number of hydrogen-bond donors (Lipinski definition) is 13. The Bertz CT molecular complexity index is 7670. The van der Waals surface area contributed by atoms with Gasteiger partial charge >= 0.3 is 36.6 Å². The van der Waals surface area contributed by atoms with E-state index < -0.39 is 64.0 Å². The normalized spacial score (nSPS) is 11.1. The second kappa shape index (κ2) is 51.4. The summed E-state index contributed by atoms with van der Waals surface area (Å²) < 4.78 is 64.4. The van der Waals surface area contributed by atoms with E-state index >= 15 is 0 Å². The Labute approximate surface area is 843 Å². The number of methoxy groups -OCH3 is 6. The molecule has 2 atom stereocenters. The lowest BCUT2D eigenvalue weighted by Crippen LogP contribution is -2.11. The molecule has 0 aliphatic carbocycles. The monoisotopic (exact) mass is 2050 g/mol. The van der Waals surface area contributed by atoms with Crippen LogP contribution in [0.4, 0.5) is 68.8 Å². The summed E-state index contributed by atoms with van der Waals surface area (Å²) in [4.78, 5) is 164. The zero-order valence-electron chi connectivity index (χ0n) is 79.3. The van der Waals surface area contributed by atoms with E-state index in [4.69, 9.17) is 0 Å². The number of carbonyl (C=O) groups excluding carboxylic acids is 9. The summed E-state index contributed by atoms with van der Waals surface area (Å²) in [6.45, 7) is 8.00. The number of rotatable bonds is 24. The fourth-order valence-electron chi connectivity index (χ4n) is 13.3. The number of ether oxygens (including phenoxy) is 6. The Morgan fingerprint density at radius 3 is 1.17 bits per heavy atom. The molecule has 0 aliphatic heterocycles. The molecule has 13 N–H and O–H groups in total. The number of Topliss-reactive ketones (excluding diaryl/α,β-unsaturated/α-hetero) is 1. The molecular formula is C101H96FN21O17S5. The zero-order chi connectivity index (χ0) is 103. The molecule has 0 radical (unpaired) electrons. The van der Waals surface area contributed by atoms with Crippen LogP contribution in [-0.2, 0) is 61.2 Å². The van der Waals surface area contributed by atoms with E-state index in [-0.39, 0.29) is 41.1 Å². The van der Waals surface area contributed by atoms with Gasteiger partial charge in [0.25, 0.3) is 0 Å². The predicted molar refractivity (Wildman–Crippen MR) is 557 cm³/mol. The summed E-state index contributed by atoms with van der Waals surface area (Å²) in [7, 11) is 5.44. The van der Waals surface area contributed by atoms with Crippen molar-refractivity contribution in [3.05, 3.63) is 288 Å². The largest absolute Gasteiger partial charge is 0.453 e. The van der Waals surface area contributed by atoms with E-state index in [1.807, 2.05) is 147 Å². The summed E-state index contributed by atoms with van der Waals surface area (Å²) in [5, 5.41) is 17.6. The van der Waals surface area contributed by atoms with Crippen molar-refractivity contribution in [3.8, 4) is 10.8 Å². The molecule has 0 saturated heterocycles. The minimum Gasteiger partial charge on any atom is -0.453 e. The standard InChI is InChI=1S/C16H12FN3O3.C16H13N3O3.C15H13N3O3S.C15H13N3O2S.C15H15N3OS.C12H15N3O3S.C12H15N3O2S/c1-23-16(22)20-15-18-12-7-4-10(8-13(12)19-15)14(21)9-2-5-11(17)6-3-9;1-22-16(21)19-15-17-12-8-7-11(9-13(12)18-15)14(20)10-5-3-2-4-6-10;1-21-15(19)18-14-16-12-8-7-11(9-13(12)17-14)22(20)10-5-3-2-4-6-10;1-20-15(19)18-14-16-12-8-7-11(9-13(12)17-14)21-10-5-3-2-4-6-10;1-9(2)13(19)8-10-3-4-11-12(7-10)18-14(17-11)15-16-5-6-20-15;1-3-6-19(17)8-4-5-9-10(7-8)14-11(13-9)15-12(16)18-2;1-3-6-18-8-4-5-9-10(7-8)14-11(13-9)15-12(16)17-2/h2-8H,1H3,(H2,18,19,20,22);2-9H,1H3,(H2,17,18,19,21);2-9H,1H3,(H2,16,17,18,19);2-9H,1H3,(H2,16,17,18,19);3-7,9H,8H2,1-2H3,(H,17,18);4-5,7H,3,6H2,1-2H3,(H2,13,14,15,16);4-5,7H,3,6H2,1-2H3,(H2,13,14,15,16). The molecule has 2 unspecified atom stereocenters. The van der Waals surface area contributed by atoms with Crippen molar-refractivity contribution >= 4 is 223 Å². The van der Waals surface area contributed by atoms with Gasteiger partial charge in [-0.25, -0.2) is 77.2 Å². The quantitative estimate of drug-likeness (QED) is 0.0152. The third kappa shape index (κ3) is 29.8. The van der Waals surface area contributed by atoms with Crippen LogP contribution in [0.1, 0.15) is 77.9 Å². The lowest BCUT2D eigenvalue weighted by atomic mass is 10.0. The topological polar surface area (TPSA) is 529 Å². The van der Waals surface area contributed by atoms with E-state index in [9.17, 15) is 56.0 Å². The number of thioether (sulfide) groups is 1. The number of ketones is 3. The molecule has 44 heteroatoms. The van der Waals surface area contributed by atoms with Gasteiger partial charge in [-0.1, -0.05) is 112 Å². The van der Waals surface area contributed by atoms with Gasteiger partial charge in [0.15, 0.2) is 22.4 Å². The first kappa shape index (κ1) is 105. The SMILES string of the molecule is CC(C)C(=O)Cc1ccc2nc(-c3nccs3)[nH]c2c1.CCCS(=O)c1ccc2nc(NC(=O)OC)[nH]c2c1.CCCSc1ccc2nc(NC(=O)OC)[nH]c2c1.COC(=O)Nc1nc2ccc(C(=O)c3ccc(F)cc3)cc2[nH]1.COC(=O)Nc1nc2ccc(C(=O)c3ccccc3)cc2[nH]1.COC(=O)Nc1nc2ccc(S(=O)c3ccccc3)cc2[nH]1.COC(=O)Nc1nc2ccc(Sc3ccccc3)cc2[nH]1. The molecular weight excluding hydrogens is 1960 g/mol. The average molecular weight is 2060 g/mol. The van der Waals surface area contributed by atoms with Crippen molar-refractivity contribution in [1.82, 2.24) is 74.8 Å². The predicted octanol–water partition coefficient (Wildman–Crippen LogP) is 21.8. The number of benzene rings is 11. The molecule has 0 saturated carbocycles. The van der Waals surface area contributed by atoms with Gasteiger partial charge in [-0.2, -0.15) is 0 Å². The third-order valence-electron chi connectivity index (χ3n) is 20.4. The van der Waals surface area contributed by atoms with Gasteiger partial charge in [0.2, 0.25) is 35.7 Å². The van der Waals surface area contributed by atoms with Gasteiger partial charge in [0.05, 0.1) is 141 Å². The van der Waals surface area contributed by atoms with Crippen LogP contribution in [0.25, 0.3) is 88.1 Å². The molecule has 8 heterocycles. The Morgan fingerprint density at radius 2 is 0.738 bits per heavy atom. The first-order valence-electron chi connectivity index (χ1n) is 44.3. The van der Waals surface area contributed by atoms with Crippen LogP contribution in [0.2, 0.25) is 0 Å². The number of nitrogens with zero attached hydrogens (tertiary/aromatic N) is 8. The number of H-pyrrole nitrogens is 7. The van der Waals surface area contributed by atoms with Crippen LogP contribution in [0, 0.1) is 11.7 Å². The number of hydrogen-bond acceptors (Lipinski definition) is 28. The number of imidazole rings is 7. The van der Waals surface area contributed by atoms with Gasteiger partial charge in [-0.05, 0) is 194 Å². The highest BCUT2D eigenvalue weighted by Gasteiger charge is 2.20. The summed E-state index contributed by atoms with van der Waals surface area (Å²) >= 11 is 5.02. The fraction of sp³-hybridized carbons (Fsp3) is 0.158. The molecule has 0 spiro atoms. The van der Waals surface area contributed by atoms with E-state index in [1.54, 1.807) is 126 Å². The van der Waals surface area contributed by atoms with Crippen LogP contribution in [-0.4, -0.2) is 191 Å². The fourth-order valence-corrected chi connectivity index (χ4v) is 17.7. The number of amides is 6. The minimum atomic E-state index is -1.27. The van der Waals surface area contributed by atoms with Crippen molar-refractivity contribution in [2.45, 2.75) is 76.3 Å². The van der Waals surface area contributed by atoms with Crippen LogP contribution in [0.3, 0.4) is 0 Å². The number of halogens is 1. The number of aromatic nitrogens is 15. The maximum atomic E-state index is 12.9. The molecule has 744 valence electrons. The number of fused-ring (bicyclic) bond motifs is 7. The number of aromatic amines is 7. The number of anilines is 6. The first-order chi connectivity index (χ1) is 70.1. The Hall–Kier alpha value is -17.1. The van der Waals surface area contributed by atoms with Crippen LogP contribution in [0.5, 0.6) is 0 Å². The molecule has 38 nitrogen and oxygen atoms in total. The smallest absolute Gasteiger partial charge is 0.413 e. The van der Waals surface area contributed by atoms with Gasteiger partial charge in [-0.3, -0.25) is 50.5 Å². The molecule has 19 aromatic rings. The summed E-state index contributed by atoms with van der Waals surface area (Å²) in [5.41, 5.74) is 13.5. The highest BCUT2D eigenvalue weighted by atomic mass is 32.2. The molecule has 0 aliphatic rings. The van der Waals surface area contributed by atoms with Crippen LogP contribution < -0.4 is 31.9 Å². The van der Waals surface area contributed by atoms with Crippen molar-refractivity contribution in [3.63, 3.8) is 0 Å².